The molecule has 0 unspecified atom stereocenters. The monoisotopic (exact) mass is 396 g/mol. The van der Waals surface area contributed by atoms with Gasteiger partial charge in [-0.2, -0.15) is 4.39 Å². The summed E-state index contributed by atoms with van der Waals surface area (Å²) in [5.41, 5.74) is 3.83. The third kappa shape index (κ3) is 4.21. The number of nitrogens with zero attached hydrogens (tertiary/aromatic N) is 3. The molecule has 0 saturated carbocycles. The lowest BCUT2D eigenvalue weighted by molar-refractivity contribution is 0.0836. The molecule has 1 aliphatic heterocycles. The molecule has 1 aliphatic rings. The maximum absolute atomic E-state index is 12.9. The second-order valence-corrected chi connectivity index (χ2v) is 7.71. The van der Waals surface area contributed by atoms with E-state index in [2.05, 4.69) is 51.4 Å². The molecule has 4 rings (SSSR count). The van der Waals surface area contributed by atoms with Gasteiger partial charge in [0.15, 0.2) is 5.13 Å². The van der Waals surface area contributed by atoms with E-state index in [9.17, 15) is 9.18 Å². The number of thiazole rings is 1. The van der Waals surface area contributed by atoms with Crippen LogP contribution in [0.15, 0.2) is 53.9 Å². The fourth-order valence-electron chi connectivity index (χ4n) is 3.21. The van der Waals surface area contributed by atoms with Gasteiger partial charge in [0.2, 0.25) is 0 Å². The highest BCUT2D eigenvalue weighted by Gasteiger charge is 2.14. The van der Waals surface area contributed by atoms with Gasteiger partial charge in [0.25, 0.3) is 0 Å². The van der Waals surface area contributed by atoms with Crippen molar-refractivity contribution in [3.63, 3.8) is 0 Å². The number of anilines is 3. The van der Waals surface area contributed by atoms with Gasteiger partial charge in [0, 0.05) is 48.5 Å². The molecule has 144 valence electrons. The standard InChI is InChI=1S/C21H21FN4OS/c1-25-9-11-26(12-10-25)18-7-5-15(6-8-18)19-14-28-21(24-19)23-17-4-2-3-16(13-17)20(22)27/h2-8,13-14H,9-12H2,1H3,(H,23,24). The lowest BCUT2D eigenvalue weighted by atomic mass is 10.1. The fourth-order valence-corrected chi connectivity index (χ4v) is 3.95. The minimum absolute atomic E-state index is 0.0290. The summed E-state index contributed by atoms with van der Waals surface area (Å²) >= 11 is 1.47. The van der Waals surface area contributed by atoms with E-state index in [1.807, 2.05) is 5.38 Å². The van der Waals surface area contributed by atoms with Crippen molar-refractivity contribution in [1.29, 1.82) is 0 Å². The van der Waals surface area contributed by atoms with E-state index in [1.165, 1.54) is 29.2 Å². The summed E-state index contributed by atoms with van der Waals surface area (Å²) in [5, 5.41) is 5.81. The molecule has 0 atom stereocenters. The summed E-state index contributed by atoms with van der Waals surface area (Å²) in [6.45, 7) is 4.25. The number of halogens is 1. The number of aromatic nitrogens is 1. The molecular formula is C21H21FN4OS. The molecule has 3 aromatic rings. The van der Waals surface area contributed by atoms with Crippen LogP contribution in [0.1, 0.15) is 10.4 Å². The maximum Gasteiger partial charge on any atom is 0.332 e. The van der Waals surface area contributed by atoms with Gasteiger partial charge in [0.05, 0.1) is 11.3 Å². The molecule has 1 saturated heterocycles. The third-order valence-electron chi connectivity index (χ3n) is 4.88. The zero-order chi connectivity index (χ0) is 19.5. The van der Waals surface area contributed by atoms with Crippen molar-refractivity contribution in [2.75, 3.05) is 43.4 Å². The smallest absolute Gasteiger partial charge is 0.332 e. The summed E-state index contributed by atoms with van der Waals surface area (Å²) < 4.78 is 12.9. The summed E-state index contributed by atoms with van der Waals surface area (Å²) in [5.74, 6) is 0. The number of nitrogens with one attached hydrogen (secondary N) is 1. The van der Waals surface area contributed by atoms with Crippen LogP contribution in [0.4, 0.5) is 20.9 Å². The van der Waals surface area contributed by atoms with Crippen LogP contribution >= 0.6 is 11.3 Å². The first-order valence-corrected chi connectivity index (χ1v) is 10.0. The number of benzene rings is 2. The minimum Gasteiger partial charge on any atom is -0.369 e. The van der Waals surface area contributed by atoms with E-state index >= 15 is 0 Å². The molecule has 0 aliphatic carbocycles. The topological polar surface area (TPSA) is 48.5 Å². The maximum atomic E-state index is 12.9. The predicted molar refractivity (Wildman–Crippen MR) is 112 cm³/mol. The lowest BCUT2D eigenvalue weighted by Gasteiger charge is -2.34. The summed E-state index contributed by atoms with van der Waals surface area (Å²) in [6, 6.07) is 13.4. The van der Waals surface area contributed by atoms with E-state index in [-0.39, 0.29) is 5.56 Å². The Balaban J connectivity index is 1.45. The van der Waals surface area contributed by atoms with Gasteiger partial charge >= 0.3 is 6.04 Å². The lowest BCUT2D eigenvalue weighted by Crippen LogP contribution is -2.44. The molecule has 0 spiro atoms. The quantitative estimate of drug-likeness (QED) is 0.647. The van der Waals surface area contributed by atoms with Crippen molar-refractivity contribution in [1.82, 2.24) is 9.88 Å². The van der Waals surface area contributed by atoms with Crippen molar-refractivity contribution in [2.45, 2.75) is 0 Å². The van der Waals surface area contributed by atoms with E-state index in [4.69, 9.17) is 0 Å². The summed E-state index contributed by atoms with van der Waals surface area (Å²) in [4.78, 5) is 20.2. The molecule has 2 heterocycles. The predicted octanol–water partition coefficient (Wildman–Crippen LogP) is 4.42. The van der Waals surface area contributed by atoms with Gasteiger partial charge in [0.1, 0.15) is 0 Å². The number of carbonyl (C=O) groups excluding carboxylic acids is 1. The normalized spacial score (nSPS) is 14.9. The molecular weight excluding hydrogens is 375 g/mol. The molecule has 2 aromatic carbocycles. The highest BCUT2D eigenvalue weighted by atomic mass is 32.1. The van der Waals surface area contributed by atoms with E-state index in [0.717, 1.165) is 37.4 Å². The Labute approximate surface area is 167 Å². The van der Waals surface area contributed by atoms with Crippen molar-refractivity contribution < 1.29 is 9.18 Å². The van der Waals surface area contributed by atoms with Crippen molar-refractivity contribution >= 4 is 33.9 Å². The first-order chi connectivity index (χ1) is 13.6. The zero-order valence-electron chi connectivity index (χ0n) is 15.6. The first kappa shape index (κ1) is 18.6. The number of piperazine rings is 1. The summed E-state index contributed by atoms with van der Waals surface area (Å²) in [6.07, 6.45) is 0. The third-order valence-corrected chi connectivity index (χ3v) is 5.63. The Morgan fingerprint density at radius 1 is 1.11 bits per heavy atom. The number of likely N-dealkylation sites (N-methyl/N-ethyl adjacent to an activating group) is 1. The first-order valence-electron chi connectivity index (χ1n) is 9.15. The second-order valence-electron chi connectivity index (χ2n) is 6.85. The van der Waals surface area contributed by atoms with Gasteiger partial charge in [-0.15, -0.1) is 11.3 Å². The van der Waals surface area contributed by atoms with Crippen LogP contribution in [0.2, 0.25) is 0 Å². The zero-order valence-corrected chi connectivity index (χ0v) is 16.4. The number of carbonyl (C=O) groups is 1. The van der Waals surface area contributed by atoms with Crippen LogP contribution in [0.25, 0.3) is 11.3 Å². The Bertz CT molecular complexity index is 965. The Morgan fingerprint density at radius 2 is 1.86 bits per heavy atom. The highest BCUT2D eigenvalue weighted by Crippen LogP contribution is 2.29. The minimum atomic E-state index is -1.44. The average molecular weight is 396 g/mol. The van der Waals surface area contributed by atoms with Crippen LogP contribution in [-0.4, -0.2) is 49.1 Å². The molecule has 1 N–H and O–H groups in total. The number of hydrogen-bond acceptors (Lipinski definition) is 6. The average Bonchev–Trinajstić information content (AvgIpc) is 3.17. The summed E-state index contributed by atoms with van der Waals surface area (Å²) in [7, 11) is 2.15. The highest BCUT2D eigenvalue weighted by molar-refractivity contribution is 7.14. The van der Waals surface area contributed by atoms with Crippen LogP contribution in [0, 0.1) is 0 Å². The van der Waals surface area contributed by atoms with E-state index in [0.29, 0.717) is 10.8 Å². The van der Waals surface area contributed by atoms with Crippen LogP contribution < -0.4 is 10.2 Å². The van der Waals surface area contributed by atoms with Crippen LogP contribution in [0.5, 0.6) is 0 Å². The molecule has 0 radical (unpaired) electrons. The Kier molecular flexibility index (Phi) is 5.36. The molecule has 0 amide bonds. The van der Waals surface area contributed by atoms with Crippen LogP contribution in [0.3, 0.4) is 0 Å². The Morgan fingerprint density at radius 3 is 2.57 bits per heavy atom. The van der Waals surface area contributed by atoms with Gasteiger partial charge < -0.3 is 15.1 Å². The SMILES string of the molecule is CN1CCN(c2ccc(-c3csc(Nc4cccc(C(=O)F)c4)n3)cc2)CC1. The van der Waals surface area contributed by atoms with Crippen molar-refractivity contribution in [2.24, 2.45) is 0 Å². The largest absolute Gasteiger partial charge is 0.369 e. The van der Waals surface area contributed by atoms with Gasteiger partial charge in [-0.25, -0.2) is 4.98 Å². The molecule has 1 fully saturated rings. The molecule has 7 heteroatoms. The van der Waals surface area contributed by atoms with Gasteiger partial charge in [-0.1, -0.05) is 18.2 Å². The number of rotatable bonds is 5. The molecule has 0 bridgehead atoms. The van der Waals surface area contributed by atoms with E-state index < -0.39 is 6.04 Å². The van der Waals surface area contributed by atoms with Crippen molar-refractivity contribution in [3.8, 4) is 11.3 Å². The molecule has 1 aromatic heterocycles. The number of hydrogen-bond donors (Lipinski definition) is 1. The fraction of sp³-hybridized carbons (Fsp3) is 0.238. The van der Waals surface area contributed by atoms with Gasteiger partial charge in [-0.3, -0.25) is 4.79 Å². The second kappa shape index (κ2) is 8.08. The van der Waals surface area contributed by atoms with Crippen molar-refractivity contribution in [3.05, 3.63) is 59.5 Å². The van der Waals surface area contributed by atoms with E-state index in [1.54, 1.807) is 12.1 Å². The Hall–Kier alpha value is -2.77. The van der Waals surface area contributed by atoms with Crippen LogP contribution in [-0.2, 0) is 0 Å². The van der Waals surface area contributed by atoms with Gasteiger partial charge in [-0.05, 0) is 37.4 Å². The molecule has 5 nitrogen and oxygen atoms in total. The molecule has 28 heavy (non-hydrogen) atoms.